The zero-order chi connectivity index (χ0) is 23.7. The Kier molecular flexibility index (Phi) is 5.47. The highest BCUT2D eigenvalue weighted by Crippen LogP contribution is 2.26. The lowest BCUT2D eigenvalue weighted by Crippen LogP contribution is -2.21. The van der Waals surface area contributed by atoms with E-state index < -0.39 is 0 Å². The Labute approximate surface area is 197 Å². The predicted molar refractivity (Wildman–Crippen MR) is 136 cm³/mol. The van der Waals surface area contributed by atoms with E-state index in [0.29, 0.717) is 22.6 Å². The van der Waals surface area contributed by atoms with Crippen LogP contribution >= 0.6 is 0 Å². The van der Waals surface area contributed by atoms with Crippen molar-refractivity contribution < 1.29 is 9.59 Å². The first-order valence-electron chi connectivity index (χ1n) is 10.9. The van der Waals surface area contributed by atoms with E-state index in [-0.39, 0.29) is 11.8 Å². The lowest BCUT2D eigenvalue weighted by Gasteiger charge is -2.11. The van der Waals surface area contributed by atoms with Crippen LogP contribution in [0, 0.1) is 0 Å². The summed E-state index contributed by atoms with van der Waals surface area (Å²) < 4.78 is 0. The van der Waals surface area contributed by atoms with E-state index in [2.05, 4.69) is 10.2 Å². The molecule has 0 fully saturated rings. The number of para-hydroxylation sites is 2. The first kappa shape index (κ1) is 21.3. The third-order valence-electron chi connectivity index (χ3n) is 5.69. The molecule has 0 aliphatic carbocycles. The summed E-state index contributed by atoms with van der Waals surface area (Å²) in [7, 11) is 0. The van der Waals surface area contributed by atoms with Crippen LogP contribution in [0.4, 0.5) is 11.4 Å². The van der Waals surface area contributed by atoms with Crippen LogP contribution in [0.25, 0.3) is 12.2 Å². The second-order valence-electron chi connectivity index (χ2n) is 8.06. The monoisotopic (exact) mass is 446 g/mol. The molecule has 2 aliphatic rings. The van der Waals surface area contributed by atoms with Crippen molar-refractivity contribution in [2.45, 2.75) is 13.8 Å². The van der Waals surface area contributed by atoms with Gasteiger partial charge < -0.3 is 0 Å². The molecule has 0 radical (unpaired) electrons. The zero-order valence-corrected chi connectivity index (χ0v) is 18.8. The highest BCUT2D eigenvalue weighted by Gasteiger charge is 2.29. The topological polar surface area (TPSA) is 65.3 Å². The van der Waals surface area contributed by atoms with E-state index in [1.807, 2.05) is 111 Å². The molecular weight excluding hydrogens is 424 g/mol. The van der Waals surface area contributed by atoms with Crippen molar-refractivity contribution in [2.24, 2.45) is 10.2 Å². The number of rotatable bonds is 4. The molecule has 2 amide bonds. The van der Waals surface area contributed by atoms with E-state index >= 15 is 0 Å². The largest absolute Gasteiger partial charge is 0.280 e. The van der Waals surface area contributed by atoms with Gasteiger partial charge in [0.2, 0.25) is 0 Å². The number of carbonyl (C=O) groups is 2. The molecule has 0 bridgehead atoms. The molecule has 0 unspecified atom stereocenters. The molecule has 6 heteroatoms. The molecule has 0 N–H and O–H groups in total. The van der Waals surface area contributed by atoms with Crippen LogP contribution in [0.2, 0.25) is 0 Å². The van der Waals surface area contributed by atoms with Crippen LogP contribution in [0.5, 0.6) is 0 Å². The number of hydrogen-bond acceptors (Lipinski definition) is 4. The Balaban J connectivity index is 1.36. The number of amides is 2. The fraction of sp³-hybridized carbons (Fsp3) is 0.0714. The van der Waals surface area contributed by atoms with Crippen molar-refractivity contribution >= 4 is 46.8 Å². The summed E-state index contributed by atoms with van der Waals surface area (Å²) >= 11 is 0. The van der Waals surface area contributed by atoms with Crippen LogP contribution in [0.3, 0.4) is 0 Å². The number of hydrazone groups is 2. The molecule has 5 rings (SSSR count). The van der Waals surface area contributed by atoms with Crippen LogP contribution < -0.4 is 10.0 Å². The fourth-order valence-corrected chi connectivity index (χ4v) is 3.88. The minimum absolute atomic E-state index is 0.153. The van der Waals surface area contributed by atoms with E-state index in [1.165, 1.54) is 10.0 Å². The molecule has 0 saturated heterocycles. The second-order valence-corrected chi connectivity index (χ2v) is 8.06. The summed E-state index contributed by atoms with van der Waals surface area (Å²) in [5, 5.41) is 11.7. The minimum atomic E-state index is -0.153. The maximum atomic E-state index is 12.9. The predicted octanol–water partition coefficient (Wildman–Crippen LogP) is 5.30. The molecule has 3 aromatic rings. The Bertz CT molecular complexity index is 1280. The summed E-state index contributed by atoms with van der Waals surface area (Å²) in [6.07, 6.45) is 3.68. The van der Waals surface area contributed by atoms with Crippen LogP contribution in [0.1, 0.15) is 25.0 Å². The van der Waals surface area contributed by atoms with Gasteiger partial charge in [-0.3, -0.25) is 9.59 Å². The van der Waals surface area contributed by atoms with Crippen LogP contribution in [0.15, 0.2) is 106 Å². The molecule has 0 saturated carbocycles. The van der Waals surface area contributed by atoms with Gasteiger partial charge in [-0.05, 0) is 61.4 Å². The number of nitrogens with zero attached hydrogens (tertiary/aromatic N) is 4. The van der Waals surface area contributed by atoms with Crippen molar-refractivity contribution in [3.8, 4) is 0 Å². The molecule has 0 atom stereocenters. The quantitative estimate of drug-likeness (QED) is 0.511. The molecule has 0 spiro atoms. The lowest BCUT2D eigenvalue weighted by molar-refractivity contribution is -0.115. The fourth-order valence-electron chi connectivity index (χ4n) is 3.88. The lowest BCUT2D eigenvalue weighted by atomic mass is 10.0. The van der Waals surface area contributed by atoms with Gasteiger partial charge in [0.15, 0.2) is 0 Å². The molecule has 2 aliphatic heterocycles. The Hall–Kier alpha value is -4.58. The summed E-state index contributed by atoms with van der Waals surface area (Å²) in [6, 6.07) is 26.4. The molecular formula is C28H22N4O2. The van der Waals surface area contributed by atoms with Gasteiger partial charge in [0, 0.05) is 0 Å². The van der Waals surface area contributed by atoms with Gasteiger partial charge >= 0.3 is 0 Å². The molecule has 166 valence electrons. The van der Waals surface area contributed by atoms with Crippen molar-refractivity contribution in [1.82, 2.24) is 0 Å². The number of anilines is 2. The molecule has 6 nitrogen and oxygen atoms in total. The van der Waals surface area contributed by atoms with E-state index in [1.54, 1.807) is 0 Å². The van der Waals surface area contributed by atoms with Crippen molar-refractivity contribution in [3.05, 3.63) is 107 Å². The Morgan fingerprint density at radius 1 is 0.559 bits per heavy atom. The van der Waals surface area contributed by atoms with Gasteiger partial charge in [-0.1, -0.05) is 60.7 Å². The first-order valence-corrected chi connectivity index (χ1v) is 10.9. The van der Waals surface area contributed by atoms with Crippen molar-refractivity contribution in [1.29, 1.82) is 0 Å². The number of carbonyl (C=O) groups excluding carboxylic acids is 2. The maximum absolute atomic E-state index is 12.9. The molecule has 34 heavy (non-hydrogen) atoms. The van der Waals surface area contributed by atoms with E-state index in [9.17, 15) is 9.59 Å². The standard InChI is InChI=1S/C28H22N4O2/c1-19-25(27(33)31(29-19)23-9-5-3-6-10-23)17-21-13-15-22(16-14-21)18-26-20(2)30-32(28(26)34)24-11-7-4-8-12-24/h3-18H,1-2H3/b25-17-,26-18+. The average molecular weight is 447 g/mol. The summed E-state index contributed by atoms with van der Waals surface area (Å²) in [6.45, 7) is 3.66. The molecule has 0 aromatic heterocycles. The van der Waals surface area contributed by atoms with Gasteiger partial charge in [0.1, 0.15) is 0 Å². The molecule has 3 aromatic carbocycles. The Morgan fingerprint density at radius 3 is 1.26 bits per heavy atom. The highest BCUT2D eigenvalue weighted by atomic mass is 16.2. The highest BCUT2D eigenvalue weighted by molar-refractivity contribution is 6.33. The van der Waals surface area contributed by atoms with Gasteiger partial charge in [-0.25, -0.2) is 0 Å². The second kappa shape index (κ2) is 8.75. The van der Waals surface area contributed by atoms with Gasteiger partial charge in [0.25, 0.3) is 11.8 Å². The van der Waals surface area contributed by atoms with E-state index in [0.717, 1.165) is 22.5 Å². The maximum Gasteiger partial charge on any atom is 0.280 e. The van der Waals surface area contributed by atoms with Gasteiger partial charge in [-0.2, -0.15) is 20.2 Å². The summed E-state index contributed by atoms with van der Waals surface area (Å²) in [4.78, 5) is 25.8. The summed E-state index contributed by atoms with van der Waals surface area (Å²) in [5.74, 6) is -0.307. The minimum Gasteiger partial charge on any atom is -0.267 e. The summed E-state index contributed by atoms with van der Waals surface area (Å²) in [5.41, 5.74) is 5.69. The normalized spacial score (nSPS) is 18.2. The third-order valence-corrected chi connectivity index (χ3v) is 5.69. The van der Waals surface area contributed by atoms with Gasteiger partial charge in [-0.15, -0.1) is 0 Å². The third kappa shape index (κ3) is 3.97. The average Bonchev–Trinajstić information content (AvgIpc) is 3.31. The SMILES string of the molecule is CC1=NN(c2ccccc2)C(=O)/C1=C\c1ccc(/C=C2/C(=O)N(c3ccccc3)N=C2C)cc1. The van der Waals surface area contributed by atoms with E-state index in [4.69, 9.17) is 0 Å². The Morgan fingerprint density at radius 2 is 0.912 bits per heavy atom. The van der Waals surface area contributed by atoms with Gasteiger partial charge in [0.05, 0.1) is 33.9 Å². The van der Waals surface area contributed by atoms with Crippen molar-refractivity contribution in [3.63, 3.8) is 0 Å². The first-order chi connectivity index (χ1) is 16.5. The van der Waals surface area contributed by atoms with Crippen molar-refractivity contribution in [2.75, 3.05) is 10.0 Å². The smallest absolute Gasteiger partial charge is 0.267 e. The zero-order valence-electron chi connectivity index (χ0n) is 18.8. The molecule has 2 heterocycles. The number of hydrogen-bond donors (Lipinski definition) is 0. The number of benzene rings is 3. The van der Waals surface area contributed by atoms with Crippen LogP contribution in [-0.2, 0) is 9.59 Å². The van der Waals surface area contributed by atoms with Crippen LogP contribution in [-0.4, -0.2) is 23.2 Å².